The average molecular weight is 337 g/mol. The molecule has 120 valence electrons. The summed E-state index contributed by atoms with van der Waals surface area (Å²) >= 11 is 0. The fourth-order valence-corrected chi connectivity index (χ4v) is 3.30. The first kappa shape index (κ1) is 15.6. The molecular weight excluding hydrogens is 323 g/mol. The van der Waals surface area contributed by atoms with Gasteiger partial charge in [-0.05, 0) is 36.6 Å². The predicted molar refractivity (Wildman–Crippen MR) is 91.1 cm³/mol. The molecule has 0 aliphatic carbocycles. The maximum atomic E-state index is 12.6. The van der Waals surface area contributed by atoms with Crippen molar-refractivity contribution in [2.24, 2.45) is 10.2 Å². The van der Waals surface area contributed by atoms with Crippen LogP contribution >= 0.6 is 10.9 Å². The molecule has 1 atom stereocenters. The van der Waals surface area contributed by atoms with Gasteiger partial charge in [-0.2, -0.15) is 29.2 Å². The van der Waals surface area contributed by atoms with Crippen molar-refractivity contribution in [1.82, 2.24) is 0 Å². The molecule has 0 fully saturated rings. The zero-order chi connectivity index (χ0) is 16.4. The van der Waals surface area contributed by atoms with Crippen molar-refractivity contribution >= 4 is 32.9 Å². The zero-order valence-corrected chi connectivity index (χ0v) is 13.1. The molecule has 2 aromatic carbocycles. The topological polar surface area (TPSA) is 36.8 Å². The third-order valence-corrected chi connectivity index (χ3v) is 4.82. The van der Waals surface area contributed by atoms with Crippen molar-refractivity contribution in [3.05, 3.63) is 59.7 Å². The summed E-state index contributed by atoms with van der Waals surface area (Å²) in [6, 6.07) is 12.5. The van der Waals surface area contributed by atoms with Gasteiger partial charge >= 0.3 is 6.18 Å². The zero-order valence-electron chi connectivity index (χ0n) is 12.2. The lowest BCUT2D eigenvalue weighted by molar-refractivity contribution is -0.137. The molecule has 23 heavy (non-hydrogen) atoms. The summed E-state index contributed by atoms with van der Waals surface area (Å²) in [7, 11) is -0.547. The van der Waals surface area contributed by atoms with Crippen LogP contribution < -0.4 is 5.32 Å². The second kappa shape index (κ2) is 6.08. The minimum Gasteiger partial charge on any atom is -0.355 e. The molecule has 1 aliphatic rings. The van der Waals surface area contributed by atoms with Crippen LogP contribution in [0.15, 0.2) is 58.7 Å². The molecule has 1 heterocycles. The van der Waals surface area contributed by atoms with Gasteiger partial charge < -0.3 is 5.32 Å². The number of rotatable bonds is 3. The first-order chi connectivity index (χ1) is 10.9. The number of alkyl halides is 3. The first-order valence-corrected chi connectivity index (χ1v) is 8.68. The Morgan fingerprint density at radius 3 is 2.30 bits per heavy atom. The highest BCUT2D eigenvalue weighted by atomic mass is 32.2. The Kier molecular flexibility index (Phi) is 4.12. The maximum absolute atomic E-state index is 12.6. The van der Waals surface area contributed by atoms with Crippen molar-refractivity contribution in [1.29, 1.82) is 0 Å². The lowest BCUT2D eigenvalue weighted by Gasteiger charge is -2.15. The molecule has 0 aromatic heterocycles. The van der Waals surface area contributed by atoms with E-state index in [0.29, 0.717) is 5.69 Å². The van der Waals surface area contributed by atoms with Gasteiger partial charge in [0.2, 0.25) is 0 Å². The Hall–Kier alpha value is -2.28. The summed E-state index contributed by atoms with van der Waals surface area (Å²) in [5.41, 5.74) is 3.45. The number of nitrogens with one attached hydrogen (secondary N) is 1. The van der Waals surface area contributed by atoms with Gasteiger partial charge in [0.1, 0.15) is 5.04 Å². The highest BCUT2D eigenvalue weighted by molar-refractivity contribution is 8.40. The number of thiol groups is 1. The van der Waals surface area contributed by atoms with Crippen LogP contribution in [0.4, 0.5) is 24.5 Å². The minimum absolute atomic E-state index is 0.547. The number of anilines is 2. The largest absolute Gasteiger partial charge is 0.416 e. The molecule has 3 rings (SSSR count). The number of hydrogen-bond donors (Lipinski definition) is 2. The second-order valence-corrected chi connectivity index (χ2v) is 6.89. The van der Waals surface area contributed by atoms with Crippen molar-refractivity contribution in [3.63, 3.8) is 0 Å². The molecule has 0 spiro atoms. The SMILES string of the molecule is C[SH]1C=NN=C1c1ccccc1Nc1ccc(C(F)(F)F)cc1. The van der Waals surface area contributed by atoms with E-state index in [9.17, 15) is 13.2 Å². The quantitative estimate of drug-likeness (QED) is 0.777. The molecule has 7 heteroatoms. The number of nitrogens with zero attached hydrogens (tertiary/aromatic N) is 2. The molecule has 1 aliphatic heterocycles. The fourth-order valence-electron chi connectivity index (χ4n) is 2.21. The molecule has 0 radical (unpaired) electrons. The van der Waals surface area contributed by atoms with E-state index < -0.39 is 22.6 Å². The third kappa shape index (κ3) is 3.39. The van der Waals surface area contributed by atoms with Crippen LogP contribution in [0.1, 0.15) is 11.1 Å². The van der Waals surface area contributed by atoms with Crippen molar-refractivity contribution in [2.75, 3.05) is 11.6 Å². The molecule has 1 unspecified atom stereocenters. The minimum atomic E-state index is -4.33. The number of benzene rings is 2. The predicted octanol–water partition coefficient (Wildman–Crippen LogP) is 4.78. The van der Waals surface area contributed by atoms with Crippen molar-refractivity contribution in [3.8, 4) is 0 Å². The van der Waals surface area contributed by atoms with Gasteiger partial charge in [-0.25, -0.2) is 0 Å². The van der Waals surface area contributed by atoms with Crippen LogP contribution in [0.2, 0.25) is 0 Å². The van der Waals surface area contributed by atoms with Gasteiger partial charge in [0.05, 0.1) is 11.1 Å². The van der Waals surface area contributed by atoms with Crippen LogP contribution in [-0.2, 0) is 6.18 Å². The van der Waals surface area contributed by atoms with E-state index in [1.807, 2.05) is 29.8 Å². The third-order valence-electron chi connectivity index (χ3n) is 3.37. The Morgan fingerprint density at radius 2 is 1.70 bits per heavy atom. The standard InChI is InChI=1S/C16H14F3N3S/c1-23-10-20-22-15(23)13-4-2-3-5-14(13)21-12-8-6-11(7-9-12)16(17,18)19/h2-10,21,23H,1H3. The summed E-state index contributed by atoms with van der Waals surface area (Å²) in [4.78, 5) is 0. The van der Waals surface area contributed by atoms with E-state index in [2.05, 4.69) is 21.8 Å². The van der Waals surface area contributed by atoms with Gasteiger partial charge in [0.15, 0.2) is 0 Å². The highest BCUT2D eigenvalue weighted by Gasteiger charge is 2.30. The monoisotopic (exact) mass is 337 g/mol. The lowest BCUT2D eigenvalue weighted by atomic mass is 10.1. The van der Waals surface area contributed by atoms with Crippen LogP contribution in [0.5, 0.6) is 0 Å². The Morgan fingerprint density at radius 1 is 1.00 bits per heavy atom. The molecular formula is C16H14F3N3S. The van der Waals surface area contributed by atoms with E-state index in [-0.39, 0.29) is 0 Å². The summed E-state index contributed by atoms with van der Waals surface area (Å²) in [6.07, 6.45) is -2.27. The Bertz CT molecular complexity index is 767. The molecule has 3 nitrogen and oxygen atoms in total. The van der Waals surface area contributed by atoms with E-state index in [4.69, 9.17) is 0 Å². The second-order valence-electron chi connectivity index (χ2n) is 5.01. The molecule has 0 saturated carbocycles. The summed E-state index contributed by atoms with van der Waals surface area (Å²) in [5, 5.41) is 12.2. The Balaban J connectivity index is 1.87. The van der Waals surface area contributed by atoms with Gasteiger partial charge in [-0.3, -0.25) is 0 Å². The number of hydrogen-bond acceptors (Lipinski definition) is 3. The summed E-state index contributed by atoms with van der Waals surface area (Å²) in [5.74, 6) is 0. The van der Waals surface area contributed by atoms with Gasteiger partial charge in [-0.15, -0.1) is 5.10 Å². The van der Waals surface area contributed by atoms with Crippen molar-refractivity contribution in [2.45, 2.75) is 6.18 Å². The maximum Gasteiger partial charge on any atom is 0.416 e. The van der Waals surface area contributed by atoms with Crippen LogP contribution in [0.3, 0.4) is 0 Å². The number of para-hydroxylation sites is 1. The summed E-state index contributed by atoms with van der Waals surface area (Å²) < 4.78 is 37.8. The van der Waals surface area contributed by atoms with Gasteiger partial charge in [0.25, 0.3) is 0 Å². The summed E-state index contributed by atoms with van der Waals surface area (Å²) in [6.45, 7) is 0. The first-order valence-electron chi connectivity index (χ1n) is 6.83. The normalized spacial score (nSPS) is 18.8. The highest BCUT2D eigenvalue weighted by Crippen LogP contribution is 2.34. The smallest absolute Gasteiger partial charge is 0.355 e. The van der Waals surface area contributed by atoms with Crippen LogP contribution in [-0.4, -0.2) is 16.8 Å². The van der Waals surface area contributed by atoms with Crippen molar-refractivity contribution < 1.29 is 13.2 Å². The van der Waals surface area contributed by atoms with Gasteiger partial charge in [-0.1, -0.05) is 18.2 Å². The van der Waals surface area contributed by atoms with Crippen LogP contribution in [0, 0.1) is 0 Å². The van der Waals surface area contributed by atoms with E-state index in [1.54, 1.807) is 0 Å². The number of halogens is 3. The molecule has 0 amide bonds. The molecule has 2 aromatic rings. The fraction of sp³-hybridized carbons (Fsp3) is 0.125. The van der Waals surface area contributed by atoms with E-state index >= 15 is 0 Å². The molecule has 0 bridgehead atoms. The Labute approximate surface area is 134 Å². The average Bonchev–Trinajstić information content (AvgIpc) is 2.93. The van der Waals surface area contributed by atoms with E-state index in [0.717, 1.165) is 28.4 Å². The molecule has 1 N–H and O–H groups in total. The van der Waals surface area contributed by atoms with E-state index in [1.165, 1.54) is 12.1 Å². The molecule has 0 saturated heterocycles. The van der Waals surface area contributed by atoms with Crippen LogP contribution in [0.25, 0.3) is 0 Å². The van der Waals surface area contributed by atoms with Gasteiger partial charge in [0, 0.05) is 16.9 Å². The lowest BCUT2D eigenvalue weighted by Crippen LogP contribution is -2.05.